The van der Waals surface area contributed by atoms with Crippen LogP contribution < -0.4 is 11.1 Å². The molecule has 1 aliphatic heterocycles. The monoisotopic (exact) mass is 279 g/mol. The minimum absolute atomic E-state index is 0.449. The number of fused-ring (bicyclic) bond motifs is 1. The first-order valence-corrected chi connectivity index (χ1v) is 7.97. The van der Waals surface area contributed by atoms with Gasteiger partial charge in [-0.3, -0.25) is 0 Å². The van der Waals surface area contributed by atoms with Crippen molar-refractivity contribution in [1.29, 1.82) is 0 Å². The number of pyridine rings is 1. The normalized spacial score (nSPS) is 21.9. The van der Waals surface area contributed by atoms with Crippen molar-refractivity contribution in [1.82, 2.24) is 4.98 Å². The first-order chi connectivity index (χ1) is 8.74. The maximum absolute atomic E-state index is 5.83. The first kappa shape index (κ1) is 12.2. The van der Waals surface area contributed by atoms with E-state index in [0.29, 0.717) is 11.0 Å². The van der Waals surface area contributed by atoms with Gasteiger partial charge in [0.1, 0.15) is 10.8 Å². The molecule has 1 fully saturated rings. The van der Waals surface area contributed by atoms with Crippen LogP contribution >= 0.6 is 24.0 Å². The summed E-state index contributed by atoms with van der Waals surface area (Å²) in [5, 5.41) is 3.52. The molecule has 96 valence electrons. The van der Waals surface area contributed by atoms with E-state index in [4.69, 9.17) is 22.9 Å². The van der Waals surface area contributed by atoms with Gasteiger partial charge in [-0.2, -0.15) is 11.8 Å². The second kappa shape index (κ2) is 5.05. The van der Waals surface area contributed by atoms with E-state index in [1.165, 1.54) is 29.9 Å². The van der Waals surface area contributed by atoms with Gasteiger partial charge in [0.2, 0.25) is 0 Å². The second-order valence-corrected chi connectivity index (χ2v) is 6.50. The third kappa shape index (κ3) is 2.34. The lowest BCUT2D eigenvalue weighted by Crippen LogP contribution is -2.23. The summed E-state index contributed by atoms with van der Waals surface area (Å²) in [6, 6.07) is 2.65. The van der Waals surface area contributed by atoms with Gasteiger partial charge in [0.05, 0.1) is 5.56 Å². The number of hydrogen-bond donors (Lipinski definition) is 2. The highest BCUT2D eigenvalue weighted by atomic mass is 32.2. The zero-order valence-electron chi connectivity index (χ0n) is 10.2. The predicted molar refractivity (Wildman–Crippen MR) is 81.5 cm³/mol. The van der Waals surface area contributed by atoms with Crippen LogP contribution in [0.25, 0.3) is 0 Å². The lowest BCUT2D eigenvalue weighted by molar-refractivity contribution is 0.804. The minimum atomic E-state index is 0.449. The molecule has 1 saturated heterocycles. The highest BCUT2D eigenvalue weighted by Gasteiger charge is 2.21. The van der Waals surface area contributed by atoms with Gasteiger partial charge >= 0.3 is 0 Å². The maximum Gasteiger partial charge on any atom is 0.136 e. The summed E-state index contributed by atoms with van der Waals surface area (Å²) < 4.78 is 0. The van der Waals surface area contributed by atoms with Gasteiger partial charge < -0.3 is 11.1 Å². The fourth-order valence-electron chi connectivity index (χ4n) is 2.61. The molecular weight excluding hydrogens is 262 g/mol. The van der Waals surface area contributed by atoms with Crippen molar-refractivity contribution < 1.29 is 0 Å². The summed E-state index contributed by atoms with van der Waals surface area (Å²) in [4.78, 5) is 5.20. The quantitative estimate of drug-likeness (QED) is 0.830. The molecule has 3 rings (SSSR count). The summed E-state index contributed by atoms with van der Waals surface area (Å²) in [6.07, 6.45) is 4.58. The third-order valence-corrected chi connectivity index (χ3v) is 4.97. The molecule has 2 aliphatic rings. The van der Waals surface area contributed by atoms with Crippen molar-refractivity contribution in [3.05, 3.63) is 22.9 Å². The number of thiocarbonyl (C=S) groups is 1. The SMILES string of the molecule is NC(=S)c1cc2c(nc1NC1CCSC1)CCC2. The molecule has 1 aromatic heterocycles. The Hall–Kier alpha value is -0.810. The number of nitrogens with two attached hydrogens (primary N) is 1. The van der Waals surface area contributed by atoms with Gasteiger partial charge in [-0.25, -0.2) is 4.98 Å². The molecule has 1 unspecified atom stereocenters. The van der Waals surface area contributed by atoms with Crippen LogP contribution in [0.1, 0.15) is 29.7 Å². The Morgan fingerprint density at radius 2 is 2.39 bits per heavy atom. The van der Waals surface area contributed by atoms with E-state index in [1.54, 1.807) is 0 Å². The van der Waals surface area contributed by atoms with Crippen LogP contribution in [-0.2, 0) is 12.8 Å². The van der Waals surface area contributed by atoms with Gasteiger partial charge in [-0.05, 0) is 43.1 Å². The third-order valence-electron chi connectivity index (χ3n) is 3.59. The highest BCUT2D eigenvalue weighted by Crippen LogP contribution is 2.27. The molecule has 0 spiro atoms. The Kier molecular flexibility index (Phi) is 3.43. The van der Waals surface area contributed by atoms with Crippen molar-refractivity contribution >= 4 is 34.8 Å². The van der Waals surface area contributed by atoms with Crippen LogP contribution in [0.3, 0.4) is 0 Å². The van der Waals surface area contributed by atoms with Gasteiger partial charge in [0.15, 0.2) is 0 Å². The average Bonchev–Trinajstić information content (AvgIpc) is 2.97. The van der Waals surface area contributed by atoms with E-state index in [0.717, 1.165) is 30.0 Å². The molecule has 2 heterocycles. The fraction of sp³-hybridized carbons (Fsp3) is 0.538. The van der Waals surface area contributed by atoms with Crippen molar-refractivity contribution in [2.75, 3.05) is 16.8 Å². The maximum atomic E-state index is 5.83. The molecule has 1 aliphatic carbocycles. The van der Waals surface area contributed by atoms with E-state index in [9.17, 15) is 0 Å². The van der Waals surface area contributed by atoms with Gasteiger partial charge in [-0.1, -0.05) is 12.2 Å². The molecule has 18 heavy (non-hydrogen) atoms. The van der Waals surface area contributed by atoms with Crippen LogP contribution in [0.2, 0.25) is 0 Å². The number of hydrogen-bond acceptors (Lipinski definition) is 4. The molecular formula is C13H17N3S2. The molecule has 1 atom stereocenters. The lowest BCUT2D eigenvalue weighted by Gasteiger charge is -2.16. The summed E-state index contributed by atoms with van der Waals surface area (Å²) in [5.74, 6) is 3.27. The zero-order chi connectivity index (χ0) is 12.5. The number of nitrogens with one attached hydrogen (secondary N) is 1. The number of nitrogens with zero attached hydrogens (tertiary/aromatic N) is 1. The summed E-state index contributed by atoms with van der Waals surface area (Å²) in [6.45, 7) is 0. The molecule has 0 amide bonds. The van der Waals surface area contributed by atoms with E-state index in [-0.39, 0.29) is 0 Å². The standard InChI is InChI=1S/C13H17N3S2/c14-12(17)10-6-8-2-1-3-11(8)16-13(10)15-9-4-5-18-7-9/h6,9H,1-5,7H2,(H2,14,17)(H,15,16). The number of aryl methyl sites for hydroxylation is 2. The number of anilines is 1. The van der Waals surface area contributed by atoms with E-state index < -0.39 is 0 Å². The Morgan fingerprint density at radius 1 is 1.50 bits per heavy atom. The first-order valence-electron chi connectivity index (χ1n) is 6.41. The Morgan fingerprint density at radius 3 is 3.11 bits per heavy atom. The van der Waals surface area contributed by atoms with Crippen LogP contribution in [0.5, 0.6) is 0 Å². The molecule has 3 nitrogen and oxygen atoms in total. The average molecular weight is 279 g/mol. The van der Waals surface area contributed by atoms with Crippen molar-refractivity contribution in [2.45, 2.75) is 31.7 Å². The summed E-state index contributed by atoms with van der Waals surface area (Å²) >= 11 is 7.14. The summed E-state index contributed by atoms with van der Waals surface area (Å²) in [7, 11) is 0. The molecule has 0 saturated carbocycles. The predicted octanol–water partition coefficient (Wildman–Crippen LogP) is 2.12. The van der Waals surface area contributed by atoms with E-state index in [1.807, 2.05) is 11.8 Å². The molecule has 5 heteroatoms. The van der Waals surface area contributed by atoms with Gasteiger partial charge in [-0.15, -0.1) is 0 Å². The molecule has 0 bridgehead atoms. The smallest absolute Gasteiger partial charge is 0.136 e. The van der Waals surface area contributed by atoms with Crippen LogP contribution in [0, 0.1) is 0 Å². The second-order valence-electron chi connectivity index (χ2n) is 4.91. The molecule has 0 radical (unpaired) electrons. The molecule has 3 N–H and O–H groups in total. The van der Waals surface area contributed by atoms with Crippen LogP contribution in [0.4, 0.5) is 5.82 Å². The number of rotatable bonds is 3. The van der Waals surface area contributed by atoms with E-state index >= 15 is 0 Å². The lowest BCUT2D eigenvalue weighted by atomic mass is 10.1. The fourth-order valence-corrected chi connectivity index (χ4v) is 3.92. The topological polar surface area (TPSA) is 50.9 Å². The van der Waals surface area contributed by atoms with E-state index in [2.05, 4.69) is 11.4 Å². The number of thioether (sulfide) groups is 1. The van der Waals surface area contributed by atoms with Crippen LogP contribution in [-0.4, -0.2) is 27.5 Å². The molecule has 0 aromatic carbocycles. The highest BCUT2D eigenvalue weighted by molar-refractivity contribution is 7.99. The Labute approximate surface area is 117 Å². The Balaban J connectivity index is 1.92. The number of aromatic nitrogens is 1. The van der Waals surface area contributed by atoms with Gasteiger partial charge in [0.25, 0.3) is 0 Å². The van der Waals surface area contributed by atoms with Crippen LogP contribution in [0.15, 0.2) is 6.07 Å². The van der Waals surface area contributed by atoms with Crippen molar-refractivity contribution in [3.8, 4) is 0 Å². The largest absolute Gasteiger partial charge is 0.389 e. The zero-order valence-corrected chi connectivity index (χ0v) is 11.9. The summed E-state index contributed by atoms with van der Waals surface area (Å²) in [5.41, 5.74) is 9.30. The molecule has 1 aromatic rings. The van der Waals surface area contributed by atoms with Crippen molar-refractivity contribution in [2.24, 2.45) is 5.73 Å². The van der Waals surface area contributed by atoms with Crippen molar-refractivity contribution in [3.63, 3.8) is 0 Å². The van der Waals surface area contributed by atoms with Gasteiger partial charge in [0, 0.05) is 17.5 Å². The Bertz CT molecular complexity index is 481. The minimum Gasteiger partial charge on any atom is -0.389 e.